The van der Waals surface area contributed by atoms with E-state index in [0.29, 0.717) is 12.8 Å². The summed E-state index contributed by atoms with van der Waals surface area (Å²) in [5.41, 5.74) is -0.548. The molecule has 32 heavy (non-hydrogen) atoms. The fourth-order valence-electron chi connectivity index (χ4n) is 8.28. The van der Waals surface area contributed by atoms with Crippen LogP contribution in [0, 0.1) is 40.4 Å². The molecule has 0 aromatic heterocycles. The summed E-state index contributed by atoms with van der Waals surface area (Å²) >= 11 is 0. The van der Waals surface area contributed by atoms with Crippen molar-refractivity contribution in [3.05, 3.63) is 11.6 Å². The number of carboxylic acid groups (broad SMARTS) is 1. The number of rotatable bonds is 4. The summed E-state index contributed by atoms with van der Waals surface area (Å²) < 4.78 is 5.26. The number of fused-ring (bicyclic) bond motifs is 5. The van der Waals surface area contributed by atoms with E-state index in [2.05, 4.69) is 13.8 Å². The smallest absolute Gasteiger partial charge is 0.550 e. The summed E-state index contributed by atoms with van der Waals surface area (Å²) in [4.78, 5) is 36.5. The molecule has 0 heterocycles. The first-order valence-corrected chi connectivity index (χ1v) is 11.7. The van der Waals surface area contributed by atoms with Crippen LogP contribution in [0.5, 0.6) is 0 Å². The van der Waals surface area contributed by atoms with Gasteiger partial charge in [-0.25, -0.2) is 0 Å². The summed E-state index contributed by atoms with van der Waals surface area (Å²) in [5.74, 6) is -1.28. The molecule has 0 saturated heterocycles. The Balaban J connectivity index is 0.00000289. The van der Waals surface area contributed by atoms with Crippen LogP contribution in [-0.2, 0) is 19.1 Å². The normalized spacial score (nSPS) is 45.0. The van der Waals surface area contributed by atoms with E-state index in [1.807, 2.05) is 6.92 Å². The van der Waals surface area contributed by atoms with Crippen LogP contribution < -0.4 is 34.7 Å². The van der Waals surface area contributed by atoms with E-state index in [1.54, 1.807) is 6.08 Å². The number of methoxy groups -OCH3 is 1. The van der Waals surface area contributed by atoms with Gasteiger partial charge in [-0.15, -0.1) is 0 Å². The first-order chi connectivity index (χ1) is 14.5. The maximum atomic E-state index is 13.1. The van der Waals surface area contributed by atoms with Crippen molar-refractivity contribution in [3.8, 4) is 0 Å². The van der Waals surface area contributed by atoms with Gasteiger partial charge in [0.25, 0.3) is 0 Å². The molecule has 0 spiro atoms. The molecule has 0 bridgehead atoms. The van der Waals surface area contributed by atoms with E-state index in [1.165, 1.54) is 7.11 Å². The standard InChI is InChI=1S/C25H36O6.Na/c1-14-18-13-15(26)5-9-23(18,2)16-6-10-24(3)17(21(16)20(14)22(29)31-4)7-11-25(24,30)12-8-19(27)28;/h13-14,16-17,20-21,30H,5-12H2,1-4H3,(H,27,28);/q;+1/p-1/t14-,16-,17-,20+,21+,23+,24-,25+;/m0./s1. The molecule has 3 saturated carbocycles. The number of carboxylic acids is 1. The van der Waals surface area contributed by atoms with Crippen molar-refractivity contribution in [2.75, 3.05) is 7.11 Å². The summed E-state index contributed by atoms with van der Waals surface area (Å²) in [7, 11) is 1.42. The van der Waals surface area contributed by atoms with Gasteiger partial charge in [-0.3, -0.25) is 9.59 Å². The number of ether oxygens (including phenoxy) is 1. The number of allylic oxidation sites excluding steroid dienone is 1. The molecule has 0 aliphatic heterocycles. The maximum absolute atomic E-state index is 13.1. The molecular formula is C25H35NaO6. The number of esters is 1. The first kappa shape index (κ1) is 25.9. The number of carbonyl (C=O) groups excluding carboxylic acids is 3. The molecule has 4 aliphatic carbocycles. The van der Waals surface area contributed by atoms with Gasteiger partial charge in [0.15, 0.2) is 5.78 Å². The van der Waals surface area contributed by atoms with Crippen LogP contribution >= 0.6 is 0 Å². The summed E-state index contributed by atoms with van der Waals surface area (Å²) in [5, 5.41) is 22.7. The molecule has 0 aromatic carbocycles. The van der Waals surface area contributed by atoms with Crippen LogP contribution in [0.3, 0.4) is 0 Å². The van der Waals surface area contributed by atoms with E-state index >= 15 is 0 Å². The number of aliphatic carboxylic acids is 1. The molecule has 7 heteroatoms. The Kier molecular flexibility index (Phi) is 7.15. The van der Waals surface area contributed by atoms with Crippen LogP contribution in [0.25, 0.3) is 0 Å². The Labute approximate surface area is 212 Å². The molecule has 0 radical (unpaired) electrons. The fraction of sp³-hybridized carbons (Fsp3) is 0.800. The van der Waals surface area contributed by atoms with Crippen molar-refractivity contribution in [1.29, 1.82) is 0 Å². The minimum absolute atomic E-state index is 0. The summed E-state index contributed by atoms with van der Waals surface area (Å²) in [6, 6.07) is 0. The maximum Gasteiger partial charge on any atom is 1.00 e. The molecule has 6 nitrogen and oxygen atoms in total. The van der Waals surface area contributed by atoms with Crippen molar-refractivity contribution >= 4 is 17.7 Å². The van der Waals surface area contributed by atoms with E-state index < -0.39 is 17.0 Å². The van der Waals surface area contributed by atoms with Gasteiger partial charge in [-0.1, -0.05) is 26.3 Å². The number of carbonyl (C=O) groups is 3. The molecule has 3 fully saturated rings. The number of ketones is 1. The third-order valence-electron chi connectivity index (χ3n) is 10.00. The van der Waals surface area contributed by atoms with Crippen molar-refractivity contribution in [1.82, 2.24) is 0 Å². The largest absolute Gasteiger partial charge is 1.00 e. The van der Waals surface area contributed by atoms with E-state index in [-0.39, 0.29) is 89.2 Å². The molecule has 172 valence electrons. The van der Waals surface area contributed by atoms with Gasteiger partial charge in [0.1, 0.15) is 0 Å². The van der Waals surface area contributed by atoms with Crippen molar-refractivity contribution in [2.45, 2.75) is 77.7 Å². The molecule has 8 atom stereocenters. The van der Waals surface area contributed by atoms with Gasteiger partial charge in [-0.2, -0.15) is 0 Å². The second-order valence-corrected chi connectivity index (χ2v) is 11.0. The van der Waals surface area contributed by atoms with Gasteiger partial charge in [0.2, 0.25) is 0 Å². The average molecular weight is 455 g/mol. The van der Waals surface area contributed by atoms with Gasteiger partial charge >= 0.3 is 35.5 Å². The molecule has 0 aromatic rings. The zero-order chi connectivity index (χ0) is 22.8. The second kappa shape index (κ2) is 8.83. The molecule has 1 N–H and O–H groups in total. The summed E-state index contributed by atoms with van der Waals surface area (Å²) in [6.45, 7) is 6.39. The average Bonchev–Trinajstić information content (AvgIpc) is 2.99. The Morgan fingerprint density at radius 2 is 1.84 bits per heavy atom. The van der Waals surface area contributed by atoms with Crippen molar-refractivity contribution < 1.29 is 58.9 Å². The zero-order valence-electron chi connectivity index (χ0n) is 20.1. The Hall–Kier alpha value is -0.690. The fourth-order valence-corrected chi connectivity index (χ4v) is 8.28. The first-order valence-electron chi connectivity index (χ1n) is 11.7. The predicted molar refractivity (Wildman–Crippen MR) is 111 cm³/mol. The van der Waals surface area contributed by atoms with Gasteiger partial charge in [0.05, 0.1) is 18.6 Å². The topological polar surface area (TPSA) is 104 Å². The third-order valence-corrected chi connectivity index (χ3v) is 10.00. The third kappa shape index (κ3) is 3.64. The molecule has 4 rings (SSSR count). The zero-order valence-corrected chi connectivity index (χ0v) is 22.1. The van der Waals surface area contributed by atoms with Crippen LogP contribution in [0.15, 0.2) is 11.6 Å². The molecule has 0 amide bonds. The van der Waals surface area contributed by atoms with Crippen LogP contribution in [0.1, 0.15) is 72.1 Å². The second-order valence-electron chi connectivity index (χ2n) is 11.0. The number of aliphatic hydroxyl groups is 1. The van der Waals surface area contributed by atoms with E-state index in [4.69, 9.17) is 4.74 Å². The minimum Gasteiger partial charge on any atom is -0.550 e. The quantitative estimate of drug-likeness (QED) is 0.451. The Bertz CT molecular complexity index is 838. The number of hydrogen-bond acceptors (Lipinski definition) is 6. The van der Waals surface area contributed by atoms with Gasteiger partial charge in [0, 0.05) is 12.4 Å². The molecule has 0 unspecified atom stereocenters. The van der Waals surface area contributed by atoms with Crippen molar-refractivity contribution in [2.24, 2.45) is 40.4 Å². The minimum atomic E-state index is -1.14. The monoisotopic (exact) mass is 454 g/mol. The predicted octanol–water partition coefficient (Wildman–Crippen LogP) is -0.571. The van der Waals surface area contributed by atoms with Crippen LogP contribution in [0.4, 0.5) is 0 Å². The summed E-state index contributed by atoms with van der Waals surface area (Å²) in [6.07, 6.45) is 6.13. The van der Waals surface area contributed by atoms with Crippen LogP contribution in [0.2, 0.25) is 0 Å². The van der Waals surface area contributed by atoms with Gasteiger partial charge < -0.3 is 19.7 Å². The SMILES string of the molecule is COC(=O)[C@H]1[C@@H]2[C@H](CC[C@@]3(C)[C@H]2CC[C@@]3(O)CCC(=O)[O-])[C@@]2(C)CCC(=O)C=C2[C@@H]1C.[Na+]. The van der Waals surface area contributed by atoms with Crippen LogP contribution in [-0.4, -0.2) is 35.5 Å². The molecular weight excluding hydrogens is 419 g/mol. The Morgan fingerprint density at radius 1 is 1.19 bits per heavy atom. The Morgan fingerprint density at radius 3 is 2.47 bits per heavy atom. The van der Waals surface area contributed by atoms with Crippen molar-refractivity contribution in [3.63, 3.8) is 0 Å². The van der Waals surface area contributed by atoms with E-state index in [9.17, 15) is 24.6 Å². The number of hydrogen-bond donors (Lipinski definition) is 1. The molecule has 4 aliphatic rings. The van der Waals surface area contributed by atoms with Gasteiger partial charge in [-0.05, 0) is 85.5 Å². The van der Waals surface area contributed by atoms with E-state index in [0.717, 1.165) is 31.3 Å².